The zero-order valence-corrected chi connectivity index (χ0v) is 14.7. The molecule has 0 spiro atoms. The average molecular weight is 351 g/mol. The fourth-order valence-corrected chi connectivity index (χ4v) is 3.00. The van der Waals surface area contributed by atoms with Crippen LogP contribution in [0.15, 0.2) is 24.4 Å². The molecule has 0 amide bonds. The van der Waals surface area contributed by atoms with Gasteiger partial charge in [0.05, 0.1) is 23.0 Å². The quantitative estimate of drug-likeness (QED) is 0.548. The van der Waals surface area contributed by atoms with Crippen molar-refractivity contribution in [3.8, 4) is 0 Å². The number of hydrogen-bond acceptors (Lipinski definition) is 4. The third kappa shape index (κ3) is 3.17. The molecule has 0 radical (unpaired) electrons. The molecule has 2 heterocycles. The average Bonchev–Trinajstić information content (AvgIpc) is 2.81. The van der Waals surface area contributed by atoms with Gasteiger partial charge in [-0.3, -0.25) is 5.21 Å². The van der Waals surface area contributed by atoms with Crippen LogP contribution >= 0.6 is 11.6 Å². The van der Waals surface area contributed by atoms with Crippen LogP contribution < -0.4 is 4.73 Å². The summed E-state index contributed by atoms with van der Waals surface area (Å²) in [5.41, 5.74) is 1.13. The molecule has 2 aromatic heterocycles. The van der Waals surface area contributed by atoms with Crippen molar-refractivity contribution in [3.63, 3.8) is 0 Å². The maximum atomic E-state index is 10.3. The van der Waals surface area contributed by atoms with Crippen LogP contribution in [0.5, 0.6) is 0 Å². The Hall–Kier alpha value is -1.89. The van der Waals surface area contributed by atoms with Crippen molar-refractivity contribution in [2.24, 2.45) is 0 Å². The van der Waals surface area contributed by atoms with E-state index in [0.717, 1.165) is 15.6 Å². The number of nitrogens with zero attached hydrogens (tertiary/aromatic N) is 3. The Bertz CT molecular complexity index is 900. The Balaban J connectivity index is 2.33. The topological polar surface area (TPSA) is 71.4 Å². The van der Waals surface area contributed by atoms with Crippen LogP contribution in [0.1, 0.15) is 26.6 Å². The molecule has 0 saturated carbocycles. The Morgan fingerprint density at radius 1 is 1.38 bits per heavy atom. The summed E-state index contributed by atoms with van der Waals surface area (Å²) in [5.74, 6) is 0.705. The van der Waals surface area contributed by atoms with E-state index in [-0.39, 0.29) is 0 Å². The molecule has 1 aromatic carbocycles. The molecule has 128 valence electrons. The molecule has 0 saturated heterocycles. The summed E-state index contributed by atoms with van der Waals surface area (Å²) < 4.78 is 8.48. The second kappa shape index (κ2) is 6.20. The van der Waals surface area contributed by atoms with Crippen molar-refractivity contribution in [3.05, 3.63) is 35.2 Å². The summed E-state index contributed by atoms with van der Waals surface area (Å²) in [7, 11) is 0. The minimum absolute atomic E-state index is 0.335. The molecule has 3 rings (SSSR count). The number of pyridine rings is 1. The van der Waals surface area contributed by atoms with E-state index in [9.17, 15) is 10.3 Å². The number of fused-ring (bicyclic) bond motifs is 3. The van der Waals surface area contributed by atoms with Gasteiger partial charge in [-0.05, 0) is 32.9 Å². The predicted octanol–water partition coefficient (Wildman–Crippen LogP) is 2.68. The number of halogens is 1. The van der Waals surface area contributed by atoms with Gasteiger partial charge in [0.15, 0.2) is 5.52 Å². The molecule has 6 nitrogen and oxygen atoms in total. The summed E-state index contributed by atoms with van der Waals surface area (Å²) in [5, 5.41) is 21.9. The van der Waals surface area contributed by atoms with Crippen molar-refractivity contribution >= 4 is 33.5 Å². The number of hydrogen-bond donors (Lipinski definition) is 2. The van der Waals surface area contributed by atoms with Crippen LogP contribution in [0.25, 0.3) is 21.9 Å². The first-order valence-electron chi connectivity index (χ1n) is 7.82. The predicted molar refractivity (Wildman–Crippen MR) is 91.3 cm³/mol. The lowest BCUT2D eigenvalue weighted by Gasteiger charge is -2.20. The molecule has 2 N–H and O–H groups in total. The Kier molecular flexibility index (Phi) is 4.38. The maximum Gasteiger partial charge on any atom is 0.268 e. The summed E-state index contributed by atoms with van der Waals surface area (Å²) in [6.07, 6.45) is 1.55. The third-order valence-corrected chi connectivity index (χ3v) is 4.00. The molecule has 0 fully saturated rings. The number of rotatable bonds is 5. The van der Waals surface area contributed by atoms with Gasteiger partial charge in [-0.2, -0.15) is 0 Å². The van der Waals surface area contributed by atoms with Crippen LogP contribution in [0.3, 0.4) is 0 Å². The highest BCUT2D eigenvalue weighted by molar-refractivity contribution is 6.31. The van der Waals surface area contributed by atoms with Crippen LogP contribution in [-0.2, 0) is 17.9 Å². The fraction of sp³-hybridized carbons (Fsp3) is 0.412. The lowest BCUT2D eigenvalue weighted by molar-refractivity contribution is -0.883. The molecule has 0 unspecified atom stereocenters. The van der Waals surface area contributed by atoms with E-state index in [1.165, 1.54) is 0 Å². The highest BCUT2D eigenvalue weighted by atomic mass is 35.5. The normalized spacial score (nSPS) is 12.4. The smallest absolute Gasteiger partial charge is 0.268 e. The summed E-state index contributed by atoms with van der Waals surface area (Å²) in [6.45, 7) is 6.68. The standard InChI is InChI=1S/C17H21ClN3O3/c1-4-24-9-15-19-13-8-21(23)14-7-11(18)5-6-12(14)16(13)20(15)10-17(2,3)22/h5-8,22-23H,4,9-10H2,1-3H3/q+1. The van der Waals surface area contributed by atoms with Crippen molar-refractivity contribution in [1.29, 1.82) is 0 Å². The van der Waals surface area contributed by atoms with Crippen LogP contribution in [0, 0.1) is 0 Å². The Labute approximate surface area is 144 Å². The molecule has 7 heteroatoms. The van der Waals surface area contributed by atoms with E-state index in [2.05, 4.69) is 4.98 Å². The van der Waals surface area contributed by atoms with Gasteiger partial charge < -0.3 is 14.4 Å². The fourth-order valence-electron chi connectivity index (χ4n) is 2.83. The zero-order chi connectivity index (χ0) is 17.5. The van der Waals surface area contributed by atoms with Crippen LogP contribution in [0.2, 0.25) is 5.02 Å². The molecule has 0 atom stereocenters. The van der Waals surface area contributed by atoms with E-state index in [1.807, 2.05) is 17.6 Å². The number of benzene rings is 1. The van der Waals surface area contributed by atoms with Gasteiger partial charge in [-0.15, -0.1) is 0 Å². The first-order valence-corrected chi connectivity index (χ1v) is 8.20. The zero-order valence-electron chi connectivity index (χ0n) is 14.0. The monoisotopic (exact) mass is 350 g/mol. The molecule has 24 heavy (non-hydrogen) atoms. The number of imidazole rings is 1. The minimum Gasteiger partial charge on any atom is -0.389 e. The second-order valence-corrected chi connectivity index (χ2v) is 6.87. The molecule has 0 bridgehead atoms. The van der Waals surface area contributed by atoms with Gasteiger partial charge in [0.2, 0.25) is 0 Å². The molecule has 3 aromatic rings. The number of ether oxygens (including phenoxy) is 1. The minimum atomic E-state index is -0.918. The van der Waals surface area contributed by atoms with E-state index in [4.69, 9.17) is 16.3 Å². The van der Waals surface area contributed by atoms with Crippen molar-refractivity contribution in [2.75, 3.05) is 6.61 Å². The van der Waals surface area contributed by atoms with Crippen molar-refractivity contribution < 1.29 is 19.8 Å². The van der Waals surface area contributed by atoms with Gasteiger partial charge in [-0.25, -0.2) is 4.98 Å². The van der Waals surface area contributed by atoms with Crippen LogP contribution in [0.4, 0.5) is 0 Å². The highest BCUT2D eigenvalue weighted by Crippen LogP contribution is 2.27. The lowest BCUT2D eigenvalue weighted by atomic mass is 10.1. The molecule has 0 aliphatic heterocycles. The Morgan fingerprint density at radius 2 is 2.12 bits per heavy atom. The molecule has 0 aliphatic rings. The molecular weight excluding hydrogens is 330 g/mol. The van der Waals surface area contributed by atoms with E-state index >= 15 is 0 Å². The lowest BCUT2D eigenvalue weighted by Crippen LogP contribution is -2.31. The van der Waals surface area contributed by atoms with Gasteiger partial charge in [0, 0.05) is 22.4 Å². The first-order chi connectivity index (χ1) is 11.3. The van der Waals surface area contributed by atoms with Gasteiger partial charge >= 0.3 is 0 Å². The Morgan fingerprint density at radius 3 is 2.79 bits per heavy atom. The number of aromatic nitrogens is 3. The number of aliphatic hydroxyl groups is 1. The molecular formula is C17H21ClN3O3+. The third-order valence-electron chi connectivity index (χ3n) is 3.76. The van der Waals surface area contributed by atoms with Gasteiger partial charge in [-0.1, -0.05) is 11.6 Å². The maximum absolute atomic E-state index is 10.3. The van der Waals surface area contributed by atoms with Gasteiger partial charge in [0.25, 0.3) is 11.7 Å². The largest absolute Gasteiger partial charge is 0.389 e. The summed E-state index contributed by atoms with van der Waals surface area (Å²) >= 11 is 6.05. The summed E-state index contributed by atoms with van der Waals surface area (Å²) in [4.78, 5) is 4.58. The first kappa shape index (κ1) is 17.0. The van der Waals surface area contributed by atoms with E-state index < -0.39 is 5.60 Å². The SMILES string of the molecule is CCOCc1nc2c[n+](O)c3cc(Cl)ccc3c2n1CC(C)(C)O. The highest BCUT2D eigenvalue weighted by Gasteiger charge is 2.24. The van der Waals surface area contributed by atoms with Crippen LogP contribution in [-0.4, -0.2) is 32.1 Å². The van der Waals surface area contributed by atoms with E-state index in [1.54, 1.807) is 32.2 Å². The molecule has 0 aliphatic carbocycles. The summed E-state index contributed by atoms with van der Waals surface area (Å²) in [6, 6.07) is 5.31. The van der Waals surface area contributed by atoms with Crippen molar-refractivity contribution in [2.45, 2.75) is 39.5 Å². The second-order valence-electron chi connectivity index (χ2n) is 6.43. The van der Waals surface area contributed by atoms with Gasteiger partial charge in [0.1, 0.15) is 12.4 Å². The van der Waals surface area contributed by atoms with E-state index in [0.29, 0.717) is 41.6 Å². The van der Waals surface area contributed by atoms with Crippen molar-refractivity contribution in [1.82, 2.24) is 9.55 Å².